The number of benzene rings is 2. The summed E-state index contributed by atoms with van der Waals surface area (Å²) in [6, 6.07) is 15.8. The molecule has 0 amide bonds. The van der Waals surface area contributed by atoms with Crippen molar-refractivity contribution in [1.29, 1.82) is 0 Å². The lowest BCUT2D eigenvalue weighted by atomic mass is 10.1. The summed E-state index contributed by atoms with van der Waals surface area (Å²) in [5.41, 5.74) is 7.35. The quantitative estimate of drug-likeness (QED) is 0.767. The maximum Gasteiger partial charge on any atom is 0.119 e. The second kappa shape index (κ2) is 7.74. The summed E-state index contributed by atoms with van der Waals surface area (Å²) in [5.74, 6) is 1.71. The van der Waals surface area contributed by atoms with Gasteiger partial charge in [-0.2, -0.15) is 0 Å². The van der Waals surface area contributed by atoms with Crippen LogP contribution in [0.2, 0.25) is 5.02 Å². The average molecular weight is 322 g/mol. The van der Waals surface area contributed by atoms with Gasteiger partial charge in [0, 0.05) is 21.7 Å². The first-order valence-electron chi connectivity index (χ1n) is 6.95. The van der Waals surface area contributed by atoms with Crippen LogP contribution < -0.4 is 10.5 Å². The van der Waals surface area contributed by atoms with E-state index in [4.69, 9.17) is 22.1 Å². The van der Waals surface area contributed by atoms with Crippen molar-refractivity contribution in [2.45, 2.75) is 30.9 Å². The van der Waals surface area contributed by atoms with Crippen LogP contribution in [0.5, 0.6) is 5.75 Å². The van der Waals surface area contributed by atoms with Gasteiger partial charge < -0.3 is 10.5 Å². The molecule has 2 nitrogen and oxygen atoms in total. The van der Waals surface area contributed by atoms with Gasteiger partial charge in [0.1, 0.15) is 5.75 Å². The van der Waals surface area contributed by atoms with Crippen molar-refractivity contribution < 1.29 is 4.74 Å². The van der Waals surface area contributed by atoms with Crippen molar-refractivity contribution in [3.8, 4) is 5.75 Å². The number of ether oxygens (including phenoxy) is 1. The maximum absolute atomic E-state index is 6.24. The Balaban J connectivity index is 1.90. The maximum atomic E-state index is 6.24. The molecule has 0 aliphatic heterocycles. The van der Waals surface area contributed by atoms with E-state index in [1.54, 1.807) is 11.8 Å². The number of rotatable bonds is 6. The van der Waals surface area contributed by atoms with Crippen LogP contribution in [-0.2, 0) is 0 Å². The van der Waals surface area contributed by atoms with Crippen LogP contribution in [0.1, 0.15) is 25.5 Å². The number of hydrogen-bond donors (Lipinski definition) is 1. The van der Waals surface area contributed by atoms with Crippen molar-refractivity contribution in [2.24, 2.45) is 5.73 Å². The minimum atomic E-state index is -0.00113. The third-order valence-corrected chi connectivity index (χ3v) is 4.31. The van der Waals surface area contributed by atoms with Crippen LogP contribution in [0.3, 0.4) is 0 Å². The first-order chi connectivity index (χ1) is 10.0. The molecule has 0 saturated heterocycles. The Labute approximate surface area is 135 Å². The SMILES string of the molecule is CC(C)Oc1ccc(C(N)CSc2ccc(Cl)cc2)cc1. The van der Waals surface area contributed by atoms with E-state index in [0.717, 1.165) is 22.1 Å². The third-order valence-electron chi connectivity index (χ3n) is 2.92. The second-order valence-electron chi connectivity index (χ2n) is 5.11. The number of thioether (sulfide) groups is 1. The van der Waals surface area contributed by atoms with Crippen molar-refractivity contribution in [1.82, 2.24) is 0 Å². The standard InChI is InChI=1S/C17H20ClNOS/c1-12(2)20-15-7-3-13(4-8-15)17(19)11-21-16-9-5-14(18)6-10-16/h3-10,12,17H,11,19H2,1-2H3. The van der Waals surface area contributed by atoms with Crippen LogP contribution in [0, 0.1) is 0 Å². The fraction of sp³-hybridized carbons (Fsp3) is 0.294. The Morgan fingerprint density at radius 2 is 1.67 bits per heavy atom. The predicted octanol–water partition coefficient (Wildman–Crippen LogP) is 4.92. The molecule has 0 fully saturated rings. The molecule has 2 rings (SSSR count). The summed E-state index contributed by atoms with van der Waals surface area (Å²) in [6.07, 6.45) is 0.185. The lowest BCUT2D eigenvalue weighted by Crippen LogP contribution is -2.13. The van der Waals surface area contributed by atoms with E-state index in [1.807, 2.05) is 62.4 Å². The van der Waals surface area contributed by atoms with Crippen molar-refractivity contribution in [3.05, 3.63) is 59.1 Å². The van der Waals surface area contributed by atoms with E-state index in [-0.39, 0.29) is 12.1 Å². The van der Waals surface area contributed by atoms with Gasteiger partial charge in [-0.1, -0.05) is 23.7 Å². The summed E-state index contributed by atoms with van der Waals surface area (Å²) in [7, 11) is 0. The van der Waals surface area contributed by atoms with Gasteiger partial charge in [0.25, 0.3) is 0 Å². The van der Waals surface area contributed by atoms with Gasteiger partial charge in [0.2, 0.25) is 0 Å². The third kappa shape index (κ3) is 5.27. The van der Waals surface area contributed by atoms with Crippen LogP contribution in [0.4, 0.5) is 0 Å². The van der Waals surface area contributed by atoms with Gasteiger partial charge in [0.15, 0.2) is 0 Å². The minimum Gasteiger partial charge on any atom is -0.491 e. The summed E-state index contributed by atoms with van der Waals surface area (Å²) >= 11 is 7.61. The van der Waals surface area contributed by atoms with Crippen molar-refractivity contribution in [3.63, 3.8) is 0 Å². The number of hydrogen-bond acceptors (Lipinski definition) is 3. The highest BCUT2D eigenvalue weighted by Crippen LogP contribution is 2.25. The van der Waals surface area contributed by atoms with Crippen LogP contribution in [0.15, 0.2) is 53.4 Å². The molecule has 0 aliphatic rings. The van der Waals surface area contributed by atoms with E-state index < -0.39 is 0 Å². The molecular weight excluding hydrogens is 302 g/mol. The van der Waals surface area contributed by atoms with Crippen molar-refractivity contribution >= 4 is 23.4 Å². The topological polar surface area (TPSA) is 35.2 Å². The monoisotopic (exact) mass is 321 g/mol. The Hall–Kier alpha value is -1.16. The van der Waals surface area contributed by atoms with Crippen LogP contribution in [-0.4, -0.2) is 11.9 Å². The van der Waals surface area contributed by atoms with Gasteiger partial charge in [-0.15, -0.1) is 11.8 Å². The first kappa shape index (κ1) is 16.2. The molecule has 21 heavy (non-hydrogen) atoms. The molecule has 1 unspecified atom stereocenters. The van der Waals surface area contributed by atoms with Gasteiger partial charge in [-0.25, -0.2) is 0 Å². The number of nitrogens with two attached hydrogens (primary N) is 1. The van der Waals surface area contributed by atoms with E-state index >= 15 is 0 Å². The van der Waals surface area contributed by atoms with Crippen LogP contribution in [0.25, 0.3) is 0 Å². The summed E-state index contributed by atoms with van der Waals surface area (Å²) in [4.78, 5) is 1.18. The second-order valence-corrected chi connectivity index (χ2v) is 6.64. The molecule has 0 aliphatic carbocycles. The lowest BCUT2D eigenvalue weighted by Gasteiger charge is -2.14. The van der Waals surface area contributed by atoms with E-state index in [2.05, 4.69) is 0 Å². The smallest absolute Gasteiger partial charge is 0.119 e. The molecule has 112 valence electrons. The molecule has 2 N–H and O–H groups in total. The van der Waals surface area contributed by atoms with E-state index in [9.17, 15) is 0 Å². The molecule has 0 aromatic heterocycles. The molecular formula is C17H20ClNOS. The molecule has 0 saturated carbocycles. The molecule has 1 atom stereocenters. The Kier molecular flexibility index (Phi) is 5.97. The van der Waals surface area contributed by atoms with E-state index in [0.29, 0.717) is 0 Å². The summed E-state index contributed by atoms with van der Waals surface area (Å²) in [6.45, 7) is 4.03. The van der Waals surface area contributed by atoms with E-state index in [1.165, 1.54) is 4.90 Å². The lowest BCUT2D eigenvalue weighted by molar-refractivity contribution is 0.242. The molecule has 0 bridgehead atoms. The molecule has 0 heterocycles. The van der Waals surface area contributed by atoms with Gasteiger partial charge in [0.05, 0.1) is 6.10 Å². The van der Waals surface area contributed by atoms with Gasteiger partial charge in [-0.05, 0) is 55.8 Å². The highest BCUT2D eigenvalue weighted by Gasteiger charge is 2.07. The van der Waals surface area contributed by atoms with Gasteiger partial charge >= 0.3 is 0 Å². The number of halogens is 1. The van der Waals surface area contributed by atoms with Crippen LogP contribution >= 0.6 is 23.4 Å². The molecule has 2 aromatic carbocycles. The predicted molar refractivity (Wildman–Crippen MR) is 91.3 cm³/mol. The first-order valence-corrected chi connectivity index (χ1v) is 8.31. The Morgan fingerprint density at radius 1 is 1.05 bits per heavy atom. The normalized spacial score (nSPS) is 12.4. The molecule has 2 aromatic rings. The molecule has 4 heteroatoms. The Morgan fingerprint density at radius 3 is 2.24 bits per heavy atom. The van der Waals surface area contributed by atoms with Crippen molar-refractivity contribution in [2.75, 3.05) is 5.75 Å². The molecule has 0 spiro atoms. The Bertz CT molecular complexity index is 554. The average Bonchev–Trinajstić information content (AvgIpc) is 2.46. The fourth-order valence-electron chi connectivity index (χ4n) is 1.88. The fourth-order valence-corrected chi connectivity index (χ4v) is 2.90. The minimum absolute atomic E-state index is 0.00113. The van der Waals surface area contributed by atoms with Gasteiger partial charge in [-0.3, -0.25) is 0 Å². The highest BCUT2D eigenvalue weighted by atomic mass is 35.5. The zero-order valence-corrected chi connectivity index (χ0v) is 13.8. The summed E-state index contributed by atoms with van der Waals surface area (Å²) in [5, 5.41) is 0.754. The molecule has 0 radical (unpaired) electrons. The largest absolute Gasteiger partial charge is 0.491 e. The highest BCUT2D eigenvalue weighted by molar-refractivity contribution is 7.99. The zero-order chi connectivity index (χ0) is 15.2. The summed E-state index contributed by atoms with van der Waals surface area (Å²) < 4.78 is 5.63. The zero-order valence-electron chi connectivity index (χ0n) is 12.3.